The third kappa shape index (κ3) is 14.5. The molecule has 2 aromatic carbocycles. The Morgan fingerprint density at radius 1 is 0.705 bits per heavy atom. The first kappa shape index (κ1) is 35.5. The van der Waals surface area contributed by atoms with Gasteiger partial charge in [0.15, 0.2) is 0 Å². The molecule has 0 saturated heterocycles. The average molecular weight is 615 g/mol. The van der Waals surface area contributed by atoms with Gasteiger partial charge in [0.2, 0.25) is 11.8 Å². The summed E-state index contributed by atoms with van der Waals surface area (Å²) in [6, 6.07) is 14.5. The molecule has 0 spiro atoms. The second kappa shape index (κ2) is 18.8. The van der Waals surface area contributed by atoms with Gasteiger partial charge in [-0.2, -0.15) is 0 Å². The molecular weight excluding hydrogens is 572 g/mol. The molecule has 0 aliphatic rings. The third-order valence-corrected chi connectivity index (χ3v) is 5.75. The normalized spacial score (nSPS) is 12.2. The van der Waals surface area contributed by atoms with E-state index in [2.05, 4.69) is 21.3 Å². The summed E-state index contributed by atoms with van der Waals surface area (Å²) in [5.41, 5.74) is 0.743. The van der Waals surface area contributed by atoms with Crippen LogP contribution in [0.2, 0.25) is 0 Å². The van der Waals surface area contributed by atoms with Gasteiger partial charge in [-0.3, -0.25) is 14.4 Å². The number of amides is 4. The first-order valence-electron chi connectivity index (χ1n) is 14.2. The number of rotatable bonds is 16. The first-order valence-corrected chi connectivity index (χ1v) is 14.2. The second-order valence-electron chi connectivity index (χ2n) is 10.6. The number of benzene rings is 2. The lowest BCUT2D eigenvalue weighted by atomic mass is 10.1. The number of carbonyl (C=O) groups excluding carboxylic acids is 5. The number of nitrogens with one attached hydrogen (secondary N) is 4. The molecule has 0 heterocycles. The molecule has 2 rings (SSSR count). The fraction of sp³-hybridized carbons (Fsp3) is 0.452. The van der Waals surface area contributed by atoms with Crippen molar-refractivity contribution in [1.29, 1.82) is 0 Å². The van der Waals surface area contributed by atoms with Gasteiger partial charge in [-0.15, -0.1) is 0 Å². The van der Waals surface area contributed by atoms with Crippen LogP contribution in [0.5, 0.6) is 0 Å². The van der Waals surface area contributed by atoms with Gasteiger partial charge < -0.3 is 40.2 Å². The van der Waals surface area contributed by atoms with E-state index in [1.165, 1.54) is 7.11 Å². The van der Waals surface area contributed by atoms with Crippen molar-refractivity contribution in [3.05, 3.63) is 71.8 Å². The molecule has 0 aliphatic carbocycles. The number of alkyl carbamates (subject to hydrolysis) is 2. The van der Waals surface area contributed by atoms with Gasteiger partial charge in [-0.1, -0.05) is 60.7 Å². The Hall–Kier alpha value is -4.65. The van der Waals surface area contributed by atoms with E-state index >= 15 is 0 Å². The van der Waals surface area contributed by atoms with Crippen LogP contribution in [0.4, 0.5) is 9.59 Å². The van der Waals surface area contributed by atoms with E-state index in [0.717, 1.165) is 0 Å². The summed E-state index contributed by atoms with van der Waals surface area (Å²) in [6.07, 6.45) is -1.75. The van der Waals surface area contributed by atoms with E-state index in [1.807, 2.05) is 12.1 Å². The van der Waals surface area contributed by atoms with Gasteiger partial charge in [0.1, 0.15) is 30.9 Å². The summed E-state index contributed by atoms with van der Waals surface area (Å²) in [7, 11) is 1.45. The Labute approximate surface area is 257 Å². The fourth-order valence-corrected chi connectivity index (χ4v) is 3.72. The van der Waals surface area contributed by atoms with Gasteiger partial charge in [0, 0.05) is 26.6 Å². The van der Waals surface area contributed by atoms with E-state index in [0.29, 0.717) is 11.1 Å². The topological polar surface area (TPSA) is 170 Å². The van der Waals surface area contributed by atoms with Gasteiger partial charge in [0.25, 0.3) is 0 Å². The molecule has 44 heavy (non-hydrogen) atoms. The van der Waals surface area contributed by atoms with Crippen molar-refractivity contribution in [3.63, 3.8) is 0 Å². The zero-order chi connectivity index (χ0) is 32.4. The summed E-state index contributed by atoms with van der Waals surface area (Å²) in [5, 5.41) is 9.95. The van der Waals surface area contributed by atoms with Crippen LogP contribution >= 0.6 is 0 Å². The van der Waals surface area contributed by atoms with Crippen LogP contribution in [0.1, 0.15) is 44.7 Å². The lowest BCUT2D eigenvalue weighted by molar-refractivity contribution is -0.155. The van der Waals surface area contributed by atoms with Crippen LogP contribution in [-0.4, -0.2) is 74.5 Å². The maximum Gasteiger partial charge on any atom is 0.408 e. The quantitative estimate of drug-likeness (QED) is 0.126. The second-order valence-corrected chi connectivity index (χ2v) is 10.6. The Bertz CT molecular complexity index is 1200. The minimum atomic E-state index is -1.62. The largest absolute Gasteiger partial charge is 0.460 e. The molecule has 13 nitrogen and oxygen atoms in total. The summed E-state index contributed by atoms with van der Waals surface area (Å²) >= 11 is 0. The monoisotopic (exact) mass is 614 g/mol. The van der Waals surface area contributed by atoms with E-state index in [1.54, 1.807) is 69.3 Å². The van der Waals surface area contributed by atoms with Crippen LogP contribution in [0.25, 0.3) is 0 Å². The molecule has 0 bridgehead atoms. The molecule has 0 aromatic heterocycles. The van der Waals surface area contributed by atoms with Crippen molar-refractivity contribution < 1.29 is 42.9 Å². The lowest BCUT2D eigenvalue weighted by Crippen LogP contribution is -2.64. The van der Waals surface area contributed by atoms with Crippen molar-refractivity contribution in [2.24, 2.45) is 0 Å². The SMILES string of the molecule is COCCNC(=O)[C@@H](NC(=O)OCc1ccccc1)[C@H](NC(=O)OCc1ccccc1)C(=O)NCCCC(=O)OC(C)(C)C. The van der Waals surface area contributed by atoms with Gasteiger partial charge >= 0.3 is 18.2 Å². The number of hydrogen-bond donors (Lipinski definition) is 4. The highest BCUT2D eigenvalue weighted by Gasteiger charge is 2.37. The molecule has 2 atom stereocenters. The highest BCUT2D eigenvalue weighted by Crippen LogP contribution is 2.09. The molecule has 13 heteroatoms. The lowest BCUT2D eigenvalue weighted by Gasteiger charge is -2.27. The minimum Gasteiger partial charge on any atom is -0.460 e. The van der Waals surface area contributed by atoms with Crippen molar-refractivity contribution >= 4 is 30.0 Å². The number of carbonyl (C=O) groups is 5. The molecule has 0 fully saturated rings. The summed E-state index contributed by atoms with van der Waals surface area (Å²) < 4.78 is 20.8. The van der Waals surface area contributed by atoms with Crippen molar-refractivity contribution in [2.45, 2.75) is 64.5 Å². The Morgan fingerprint density at radius 2 is 1.16 bits per heavy atom. The van der Waals surface area contributed by atoms with Crippen molar-refractivity contribution in [3.8, 4) is 0 Å². The van der Waals surface area contributed by atoms with Crippen molar-refractivity contribution in [2.75, 3.05) is 26.8 Å². The van der Waals surface area contributed by atoms with Crippen LogP contribution in [0.15, 0.2) is 60.7 Å². The van der Waals surface area contributed by atoms with Gasteiger partial charge in [-0.05, 0) is 38.3 Å². The minimum absolute atomic E-state index is 0.0196. The maximum atomic E-state index is 13.4. The molecule has 0 radical (unpaired) electrons. The van der Waals surface area contributed by atoms with Crippen molar-refractivity contribution in [1.82, 2.24) is 21.3 Å². The Kier molecular flexibility index (Phi) is 15.2. The molecule has 240 valence electrons. The Balaban J connectivity index is 2.17. The predicted molar refractivity (Wildman–Crippen MR) is 160 cm³/mol. The highest BCUT2D eigenvalue weighted by molar-refractivity contribution is 5.96. The molecule has 0 aliphatic heterocycles. The van der Waals surface area contributed by atoms with E-state index < -0.39 is 47.7 Å². The summed E-state index contributed by atoms with van der Waals surface area (Å²) in [5.74, 6) is -2.03. The summed E-state index contributed by atoms with van der Waals surface area (Å²) in [4.78, 5) is 64.2. The average Bonchev–Trinajstić information content (AvgIpc) is 2.99. The predicted octanol–water partition coefficient (Wildman–Crippen LogP) is 2.58. The first-order chi connectivity index (χ1) is 21.0. The van der Waals surface area contributed by atoms with Crippen LogP contribution < -0.4 is 21.3 Å². The number of esters is 1. The van der Waals surface area contributed by atoms with Gasteiger partial charge in [-0.25, -0.2) is 9.59 Å². The molecule has 0 saturated carbocycles. The summed E-state index contributed by atoms with van der Waals surface area (Å²) in [6.45, 7) is 5.28. The zero-order valence-corrected chi connectivity index (χ0v) is 25.6. The molecule has 0 unspecified atom stereocenters. The molecular formula is C31H42N4O9. The number of hydrogen-bond acceptors (Lipinski definition) is 9. The molecule has 2 aromatic rings. The van der Waals surface area contributed by atoms with Gasteiger partial charge in [0.05, 0.1) is 6.61 Å². The Morgan fingerprint density at radius 3 is 1.59 bits per heavy atom. The van der Waals surface area contributed by atoms with E-state index in [-0.39, 0.29) is 45.8 Å². The maximum absolute atomic E-state index is 13.4. The number of methoxy groups -OCH3 is 1. The van der Waals surface area contributed by atoms with E-state index in [4.69, 9.17) is 18.9 Å². The fourth-order valence-electron chi connectivity index (χ4n) is 3.72. The van der Waals surface area contributed by atoms with Crippen LogP contribution in [0.3, 0.4) is 0 Å². The number of ether oxygens (including phenoxy) is 4. The third-order valence-electron chi connectivity index (χ3n) is 5.75. The van der Waals surface area contributed by atoms with E-state index in [9.17, 15) is 24.0 Å². The van der Waals surface area contributed by atoms with Crippen LogP contribution in [0, 0.1) is 0 Å². The molecule has 4 amide bonds. The highest BCUT2D eigenvalue weighted by atomic mass is 16.6. The zero-order valence-electron chi connectivity index (χ0n) is 25.6. The smallest absolute Gasteiger partial charge is 0.408 e. The van der Waals surface area contributed by atoms with Crippen LogP contribution in [-0.2, 0) is 46.5 Å². The standard InChI is InChI=1S/C31H42N4O9/c1-31(2,3)44-24(36)16-11-17-32-27(37)25(34-29(39)42-20-22-12-7-5-8-13-22)26(28(38)33-18-19-41-4)35-30(40)43-21-23-14-9-6-10-15-23/h5-10,12-15,25-26H,11,16-21H2,1-4H3,(H,32,37)(H,33,38)(H,34,39)(H,35,40)/t25-,26-/m0/s1. The molecule has 4 N–H and O–H groups in total.